The number of hydrogen-bond donors (Lipinski definition) is 2. The van der Waals surface area contributed by atoms with Crippen molar-refractivity contribution in [1.29, 1.82) is 0 Å². The highest BCUT2D eigenvalue weighted by Crippen LogP contribution is 2.28. The van der Waals surface area contributed by atoms with Crippen LogP contribution in [-0.4, -0.2) is 68.0 Å². The molecule has 0 aliphatic carbocycles. The molecule has 1 aromatic carbocycles. The quantitative estimate of drug-likeness (QED) is 0.549. The fourth-order valence-electron chi connectivity index (χ4n) is 3.51. The minimum atomic E-state index is -0.557. The van der Waals surface area contributed by atoms with Gasteiger partial charge in [-0.3, -0.25) is 14.7 Å². The molecule has 2 N–H and O–H groups in total. The monoisotopic (exact) mass is 395 g/mol. The van der Waals surface area contributed by atoms with Crippen molar-refractivity contribution in [3.8, 4) is 0 Å². The van der Waals surface area contributed by atoms with Crippen LogP contribution in [0, 0.1) is 11.6 Å². The van der Waals surface area contributed by atoms with E-state index in [1.807, 2.05) is 13.8 Å². The smallest absolute Gasteiger partial charge is 0.239 e. The molecule has 1 amide bonds. The van der Waals surface area contributed by atoms with Crippen molar-refractivity contribution >= 4 is 11.9 Å². The summed E-state index contributed by atoms with van der Waals surface area (Å²) in [4.78, 5) is 20.4. The lowest BCUT2D eigenvalue weighted by atomic mass is 10.0. The van der Waals surface area contributed by atoms with Gasteiger partial charge < -0.3 is 15.5 Å². The van der Waals surface area contributed by atoms with E-state index in [4.69, 9.17) is 0 Å². The molecule has 0 spiro atoms. The first-order valence-corrected chi connectivity index (χ1v) is 9.91. The van der Waals surface area contributed by atoms with Crippen LogP contribution < -0.4 is 10.6 Å². The average Bonchev–Trinajstić information content (AvgIpc) is 2.70. The Morgan fingerprint density at radius 1 is 1.18 bits per heavy atom. The molecular weight excluding hydrogens is 364 g/mol. The van der Waals surface area contributed by atoms with Gasteiger partial charge in [0.05, 0.1) is 6.54 Å². The number of guanidine groups is 1. The summed E-state index contributed by atoms with van der Waals surface area (Å²) in [5, 5.41) is 5.92. The van der Waals surface area contributed by atoms with Crippen molar-refractivity contribution < 1.29 is 13.6 Å². The minimum absolute atomic E-state index is 0.0560. The summed E-state index contributed by atoms with van der Waals surface area (Å²) in [5.74, 6) is -0.421. The van der Waals surface area contributed by atoms with Crippen LogP contribution in [0.4, 0.5) is 8.78 Å². The van der Waals surface area contributed by atoms with E-state index in [9.17, 15) is 13.6 Å². The number of aliphatic imine (C=N–C) groups is 1. The molecule has 1 saturated heterocycles. The summed E-state index contributed by atoms with van der Waals surface area (Å²) in [6.07, 6.45) is 1.64. The lowest BCUT2D eigenvalue weighted by Crippen LogP contribution is -2.54. The number of piperazine rings is 1. The van der Waals surface area contributed by atoms with Crippen molar-refractivity contribution in [2.45, 2.75) is 32.7 Å². The molecule has 0 radical (unpaired) electrons. The van der Waals surface area contributed by atoms with Gasteiger partial charge in [0.2, 0.25) is 5.91 Å². The third kappa shape index (κ3) is 5.89. The highest BCUT2D eigenvalue weighted by Gasteiger charge is 2.27. The molecule has 6 nitrogen and oxygen atoms in total. The molecule has 1 aliphatic rings. The molecule has 1 fully saturated rings. The zero-order chi connectivity index (χ0) is 20.5. The van der Waals surface area contributed by atoms with E-state index in [0.717, 1.165) is 45.1 Å². The maximum Gasteiger partial charge on any atom is 0.239 e. The van der Waals surface area contributed by atoms with Gasteiger partial charge in [-0.1, -0.05) is 19.9 Å². The van der Waals surface area contributed by atoms with Crippen LogP contribution in [0.3, 0.4) is 0 Å². The van der Waals surface area contributed by atoms with E-state index < -0.39 is 11.6 Å². The van der Waals surface area contributed by atoms with E-state index in [1.165, 1.54) is 6.07 Å². The second-order valence-electron chi connectivity index (χ2n) is 6.86. The topological polar surface area (TPSA) is 60.0 Å². The first-order valence-electron chi connectivity index (χ1n) is 9.91. The van der Waals surface area contributed by atoms with Crippen molar-refractivity contribution in [2.24, 2.45) is 4.99 Å². The number of rotatable bonds is 7. The van der Waals surface area contributed by atoms with E-state index in [1.54, 1.807) is 13.1 Å². The normalized spacial score (nSPS) is 16.8. The number of carbonyl (C=O) groups is 1. The fourth-order valence-corrected chi connectivity index (χ4v) is 3.51. The zero-order valence-electron chi connectivity index (χ0n) is 17.0. The Kier molecular flexibility index (Phi) is 8.63. The lowest BCUT2D eigenvalue weighted by Gasteiger charge is -2.40. The maximum absolute atomic E-state index is 14.2. The molecule has 8 heteroatoms. The van der Waals surface area contributed by atoms with Crippen molar-refractivity contribution in [3.63, 3.8) is 0 Å². The van der Waals surface area contributed by atoms with Crippen LogP contribution in [0.2, 0.25) is 0 Å². The first kappa shape index (κ1) is 22.1. The van der Waals surface area contributed by atoms with Crippen LogP contribution in [0.1, 0.15) is 38.3 Å². The van der Waals surface area contributed by atoms with Crippen LogP contribution >= 0.6 is 0 Å². The van der Waals surface area contributed by atoms with Gasteiger partial charge in [-0.25, -0.2) is 8.78 Å². The van der Waals surface area contributed by atoms with E-state index in [2.05, 4.69) is 25.4 Å². The number of nitrogens with one attached hydrogen (secondary N) is 2. The molecule has 0 bridgehead atoms. The Morgan fingerprint density at radius 2 is 1.89 bits per heavy atom. The Bertz CT molecular complexity index is 675. The molecule has 156 valence electrons. The summed E-state index contributed by atoms with van der Waals surface area (Å²) in [7, 11) is 1.70. The molecule has 1 heterocycles. The molecule has 28 heavy (non-hydrogen) atoms. The number of halogens is 2. The molecule has 2 rings (SSSR count). The third-order valence-corrected chi connectivity index (χ3v) is 4.95. The highest BCUT2D eigenvalue weighted by molar-refractivity contribution is 5.86. The molecule has 1 atom stereocenters. The molecular formula is C20H31F2N5O. The lowest BCUT2D eigenvalue weighted by molar-refractivity contribution is -0.120. The van der Waals surface area contributed by atoms with Crippen molar-refractivity contribution in [1.82, 2.24) is 20.4 Å². The number of amides is 1. The van der Waals surface area contributed by atoms with Gasteiger partial charge in [0.15, 0.2) is 5.96 Å². The number of nitrogens with zero attached hydrogens (tertiary/aromatic N) is 3. The largest absolute Gasteiger partial charge is 0.355 e. The Hall–Kier alpha value is -2.22. The van der Waals surface area contributed by atoms with Crippen molar-refractivity contribution in [2.75, 3.05) is 46.3 Å². The minimum Gasteiger partial charge on any atom is -0.355 e. The summed E-state index contributed by atoms with van der Waals surface area (Å²) >= 11 is 0. The van der Waals surface area contributed by atoms with Crippen LogP contribution in [-0.2, 0) is 4.79 Å². The fraction of sp³-hybridized carbons (Fsp3) is 0.600. The van der Waals surface area contributed by atoms with Gasteiger partial charge in [-0.05, 0) is 18.9 Å². The Balaban J connectivity index is 1.92. The van der Waals surface area contributed by atoms with Crippen molar-refractivity contribution in [3.05, 3.63) is 35.4 Å². The SMILES string of the molecule is CCCNC(=O)CNC(=NC)N1CCN(C(CC)c2ccc(F)cc2F)CC1. The Morgan fingerprint density at radius 3 is 2.46 bits per heavy atom. The van der Waals surface area contributed by atoms with Gasteiger partial charge in [-0.15, -0.1) is 0 Å². The van der Waals surface area contributed by atoms with Gasteiger partial charge >= 0.3 is 0 Å². The molecule has 1 aliphatic heterocycles. The molecule has 1 aromatic rings. The number of hydrogen-bond acceptors (Lipinski definition) is 3. The Labute approximate surface area is 166 Å². The van der Waals surface area contributed by atoms with E-state index in [0.29, 0.717) is 18.1 Å². The van der Waals surface area contributed by atoms with Crippen LogP contribution in [0.5, 0.6) is 0 Å². The zero-order valence-corrected chi connectivity index (χ0v) is 17.0. The predicted molar refractivity (Wildman–Crippen MR) is 107 cm³/mol. The standard InChI is InChI=1S/C20H31F2N5O/c1-4-8-24-19(28)14-25-20(23-3)27-11-9-26(10-12-27)18(5-2)16-7-6-15(21)13-17(16)22/h6-7,13,18H,4-5,8-12,14H2,1-3H3,(H,23,25)(H,24,28). The van der Waals surface area contributed by atoms with Gasteiger partial charge in [0, 0.05) is 57.4 Å². The predicted octanol–water partition coefficient (Wildman–Crippen LogP) is 2.14. The first-order chi connectivity index (χ1) is 13.5. The van der Waals surface area contributed by atoms with Crippen LogP contribution in [0.25, 0.3) is 0 Å². The highest BCUT2D eigenvalue weighted by atomic mass is 19.1. The molecule has 1 unspecified atom stereocenters. The summed E-state index contributed by atoms with van der Waals surface area (Å²) in [6, 6.07) is 3.72. The number of benzene rings is 1. The van der Waals surface area contributed by atoms with Gasteiger partial charge in [0.1, 0.15) is 11.6 Å². The maximum atomic E-state index is 14.2. The molecule has 0 aromatic heterocycles. The molecule has 0 saturated carbocycles. The second-order valence-corrected chi connectivity index (χ2v) is 6.86. The van der Waals surface area contributed by atoms with E-state index >= 15 is 0 Å². The van der Waals surface area contributed by atoms with Gasteiger partial charge in [-0.2, -0.15) is 0 Å². The third-order valence-electron chi connectivity index (χ3n) is 4.95. The number of carbonyl (C=O) groups excluding carboxylic acids is 1. The average molecular weight is 395 g/mol. The van der Waals surface area contributed by atoms with E-state index in [-0.39, 0.29) is 18.5 Å². The summed E-state index contributed by atoms with van der Waals surface area (Å²) in [6.45, 7) is 7.77. The van der Waals surface area contributed by atoms with Crippen LogP contribution in [0.15, 0.2) is 23.2 Å². The second kappa shape index (κ2) is 10.9. The van der Waals surface area contributed by atoms with Gasteiger partial charge in [0.25, 0.3) is 0 Å². The summed E-state index contributed by atoms with van der Waals surface area (Å²) < 4.78 is 27.4. The summed E-state index contributed by atoms with van der Waals surface area (Å²) in [5.41, 5.74) is 0.535.